The average Bonchev–Trinajstić information content (AvgIpc) is 3.62. The first-order valence-corrected chi connectivity index (χ1v) is 16.9. The summed E-state index contributed by atoms with van der Waals surface area (Å²) in [7, 11) is 0. The van der Waals surface area contributed by atoms with Crippen molar-refractivity contribution in [2.75, 3.05) is 36.1 Å². The molecule has 2 aromatic rings. The van der Waals surface area contributed by atoms with E-state index < -0.39 is 28.7 Å². The number of rotatable bonds is 12. The molecule has 234 valence electrons. The Morgan fingerprint density at radius 1 is 1.16 bits per heavy atom. The van der Waals surface area contributed by atoms with Crippen molar-refractivity contribution in [1.29, 1.82) is 0 Å². The predicted octanol–water partition coefficient (Wildman–Crippen LogP) is 5.32. The molecule has 3 unspecified atom stereocenters. The highest BCUT2D eigenvalue weighted by Gasteiger charge is 2.76. The second-order valence-electron chi connectivity index (χ2n) is 11.3. The number of benzene rings is 2. The Morgan fingerprint density at radius 3 is 2.43 bits per heavy atom. The van der Waals surface area contributed by atoms with Crippen molar-refractivity contribution in [1.82, 2.24) is 4.90 Å². The first-order chi connectivity index (χ1) is 21.1. The van der Waals surface area contributed by atoms with Crippen LogP contribution >= 0.6 is 39.3 Å². The van der Waals surface area contributed by atoms with E-state index in [9.17, 15) is 19.5 Å². The third-order valence-corrected chi connectivity index (χ3v) is 12.3. The van der Waals surface area contributed by atoms with Crippen molar-refractivity contribution in [3.05, 3.63) is 78.9 Å². The highest BCUT2D eigenvalue weighted by Crippen LogP contribution is 2.68. The standard InChI is InChI=1S/C33H37BrClN3O5S/c1-5-16-36(21-12-14-22(15-13-21)43-7-3)30(40)26-27-31(41)38(20(4)19-39)29(33(27)18-23(34)28(26)44-33)32(42)37(17-6-2)25-11-9-8-10-24(25)35/h5-6,8-15,20,23,26-29,39H,1-2,7,16-19H2,3-4H3/t20-,23?,26-,27+,28-,29?,33?/m1/s1. The largest absolute Gasteiger partial charge is 0.494 e. The lowest BCUT2D eigenvalue weighted by molar-refractivity contribution is -0.141. The molecule has 44 heavy (non-hydrogen) atoms. The lowest BCUT2D eigenvalue weighted by Gasteiger charge is -2.39. The average molecular weight is 703 g/mol. The number of alkyl halides is 1. The van der Waals surface area contributed by atoms with E-state index in [1.165, 1.54) is 4.90 Å². The number of hydrogen-bond acceptors (Lipinski definition) is 6. The van der Waals surface area contributed by atoms with Gasteiger partial charge < -0.3 is 24.5 Å². The summed E-state index contributed by atoms with van der Waals surface area (Å²) in [6.45, 7) is 12.0. The smallest absolute Gasteiger partial charge is 0.251 e. The van der Waals surface area contributed by atoms with Crippen LogP contribution in [0.3, 0.4) is 0 Å². The Kier molecular flexibility index (Phi) is 9.84. The maximum absolute atomic E-state index is 14.7. The van der Waals surface area contributed by atoms with Crippen molar-refractivity contribution in [2.24, 2.45) is 11.8 Å². The van der Waals surface area contributed by atoms with E-state index in [-0.39, 0.29) is 47.5 Å². The number of likely N-dealkylation sites (tertiary alicyclic amines) is 1. The monoisotopic (exact) mass is 701 g/mol. The molecule has 7 atom stereocenters. The van der Waals surface area contributed by atoms with Gasteiger partial charge in [-0.3, -0.25) is 14.4 Å². The van der Waals surface area contributed by atoms with Crippen molar-refractivity contribution in [3.63, 3.8) is 0 Å². The summed E-state index contributed by atoms with van der Waals surface area (Å²) in [5, 5.41) is 10.4. The van der Waals surface area contributed by atoms with Crippen LogP contribution in [0.15, 0.2) is 73.8 Å². The van der Waals surface area contributed by atoms with Gasteiger partial charge in [0.2, 0.25) is 11.8 Å². The van der Waals surface area contributed by atoms with Crippen molar-refractivity contribution in [2.45, 2.75) is 47.2 Å². The van der Waals surface area contributed by atoms with Crippen LogP contribution in [0.4, 0.5) is 11.4 Å². The molecule has 3 aliphatic heterocycles. The fourth-order valence-electron chi connectivity index (χ4n) is 6.97. The highest BCUT2D eigenvalue weighted by atomic mass is 79.9. The van der Waals surface area contributed by atoms with Gasteiger partial charge in [-0.15, -0.1) is 24.9 Å². The van der Waals surface area contributed by atoms with E-state index in [4.69, 9.17) is 16.3 Å². The van der Waals surface area contributed by atoms with Crippen LogP contribution in [0.2, 0.25) is 5.02 Å². The lowest BCUT2D eigenvalue weighted by Crippen LogP contribution is -2.57. The topological polar surface area (TPSA) is 90.4 Å². The molecule has 1 N–H and O–H groups in total. The number of halogens is 2. The van der Waals surface area contributed by atoms with Crippen LogP contribution in [0.1, 0.15) is 20.3 Å². The first-order valence-electron chi connectivity index (χ1n) is 14.7. The molecule has 3 aliphatic rings. The summed E-state index contributed by atoms with van der Waals surface area (Å²) in [5.74, 6) is -1.56. The number of hydrogen-bond donors (Lipinski definition) is 1. The summed E-state index contributed by atoms with van der Waals surface area (Å²) >= 11 is 11.9. The second kappa shape index (κ2) is 13.3. The number of aliphatic hydroxyl groups excluding tert-OH is 1. The Hall–Kier alpha value is -2.79. The summed E-state index contributed by atoms with van der Waals surface area (Å²) in [4.78, 5) is 48.4. The molecule has 3 fully saturated rings. The molecule has 2 aromatic carbocycles. The molecule has 2 bridgehead atoms. The zero-order valence-corrected chi connectivity index (χ0v) is 27.9. The molecule has 0 radical (unpaired) electrons. The Balaban J connectivity index is 1.58. The van der Waals surface area contributed by atoms with Crippen LogP contribution in [0, 0.1) is 11.8 Å². The summed E-state index contributed by atoms with van der Waals surface area (Å²) in [6.07, 6.45) is 3.80. The molecule has 8 nitrogen and oxygen atoms in total. The minimum atomic E-state index is -0.926. The number of carbonyl (C=O) groups is 3. The van der Waals surface area contributed by atoms with E-state index in [1.54, 1.807) is 64.9 Å². The van der Waals surface area contributed by atoms with Crippen LogP contribution in [0.25, 0.3) is 0 Å². The van der Waals surface area contributed by atoms with E-state index in [0.29, 0.717) is 35.2 Å². The zero-order chi connectivity index (χ0) is 31.8. The van der Waals surface area contributed by atoms with Crippen molar-refractivity contribution in [3.8, 4) is 5.75 Å². The molecule has 0 aliphatic carbocycles. The number of carbonyl (C=O) groups excluding carboxylic acids is 3. The number of fused-ring (bicyclic) bond motifs is 1. The minimum absolute atomic E-state index is 0.107. The van der Waals surface area contributed by atoms with Crippen molar-refractivity contribution < 1.29 is 24.2 Å². The number of thioether (sulfide) groups is 1. The minimum Gasteiger partial charge on any atom is -0.494 e. The quantitative estimate of drug-likeness (QED) is 0.238. The van der Waals surface area contributed by atoms with Gasteiger partial charge in [0.05, 0.1) is 46.5 Å². The van der Waals surface area contributed by atoms with E-state index in [0.717, 1.165) is 0 Å². The maximum Gasteiger partial charge on any atom is 0.251 e. The number of nitrogens with zero attached hydrogens (tertiary/aromatic N) is 3. The molecular weight excluding hydrogens is 666 g/mol. The normalized spacial score (nSPS) is 27.5. The molecule has 3 amide bonds. The molecular formula is C33H37BrClN3O5S. The van der Waals surface area contributed by atoms with Gasteiger partial charge in [0.15, 0.2) is 0 Å². The summed E-state index contributed by atoms with van der Waals surface area (Å²) in [5.41, 5.74) is 1.18. The van der Waals surface area contributed by atoms with Gasteiger partial charge in [0.1, 0.15) is 11.8 Å². The van der Waals surface area contributed by atoms with E-state index >= 15 is 0 Å². The number of aliphatic hydroxyl groups is 1. The predicted molar refractivity (Wildman–Crippen MR) is 180 cm³/mol. The van der Waals surface area contributed by atoms with Crippen LogP contribution in [-0.4, -0.2) is 80.9 Å². The summed E-state index contributed by atoms with van der Waals surface area (Å²) < 4.78 is 4.69. The van der Waals surface area contributed by atoms with Gasteiger partial charge in [0, 0.05) is 28.9 Å². The SMILES string of the molecule is C=CCN(C(=O)[C@H]1[C@@H]2SC3(CC2Br)C(C(=O)N(CC=C)c2ccccc2Cl)N([C@H](C)CO)C(=O)[C@H]13)c1ccc(OCC)cc1. The molecule has 5 rings (SSSR count). The number of ether oxygens (including phenoxy) is 1. The second-order valence-corrected chi connectivity index (χ2v) is 14.4. The van der Waals surface area contributed by atoms with Crippen LogP contribution < -0.4 is 14.5 Å². The number of amides is 3. The molecule has 0 aromatic heterocycles. The van der Waals surface area contributed by atoms with Crippen LogP contribution in [0.5, 0.6) is 5.75 Å². The Labute approximate surface area is 276 Å². The van der Waals surface area contributed by atoms with Gasteiger partial charge in [0.25, 0.3) is 5.91 Å². The van der Waals surface area contributed by atoms with Crippen molar-refractivity contribution >= 4 is 68.4 Å². The third-order valence-electron chi connectivity index (χ3n) is 8.74. The van der Waals surface area contributed by atoms with Gasteiger partial charge in [-0.1, -0.05) is 51.8 Å². The third kappa shape index (κ3) is 5.37. The molecule has 1 spiro atoms. The fraction of sp³-hybridized carbons (Fsp3) is 0.424. The van der Waals surface area contributed by atoms with Gasteiger partial charge >= 0.3 is 0 Å². The Bertz CT molecular complexity index is 1440. The lowest BCUT2D eigenvalue weighted by atomic mass is 9.70. The van der Waals surface area contributed by atoms with Gasteiger partial charge in [-0.25, -0.2) is 0 Å². The first kappa shape index (κ1) is 32.6. The van der Waals surface area contributed by atoms with Crippen LogP contribution in [-0.2, 0) is 14.4 Å². The Morgan fingerprint density at radius 2 is 1.82 bits per heavy atom. The number of para-hydroxylation sites is 1. The van der Waals surface area contributed by atoms with E-state index in [1.807, 2.05) is 31.2 Å². The van der Waals surface area contributed by atoms with E-state index in [2.05, 4.69) is 29.1 Å². The zero-order valence-electron chi connectivity index (χ0n) is 24.8. The summed E-state index contributed by atoms with van der Waals surface area (Å²) in [6, 6.07) is 12.8. The molecule has 0 saturated carbocycles. The molecule has 3 heterocycles. The van der Waals surface area contributed by atoms with Gasteiger partial charge in [-0.05, 0) is 56.7 Å². The molecule has 11 heteroatoms. The highest BCUT2D eigenvalue weighted by molar-refractivity contribution is 9.09. The molecule has 3 saturated heterocycles. The maximum atomic E-state index is 14.7. The number of anilines is 2. The fourth-order valence-corrected chi connectivity index (χ4v) is 10.8. The van der Waals surface area contributed by atoms with Gasteiger partial charge in [-0.2, -0.15) is 0 Å².